The Hall–Kier alpha value is -2.09. The zero-order valence-corrected chi connectivity index (χ0v) is 8.72. The Morgan fingerprint density at radius 3 is 2.61 bits per heavy atom. The number of fused-ring (bicyclic) bond motifs is 1. The number of alkyl halides is 3. The van der Waals surface area contributed by atoms with Crippen LogP contribution in [0.4, 0.5) is 18.0 Å². The summed E-state index contributed by atoms with van der Waals surface area (Å²) >= 11 is 0. The largest absolute Gasteiger partial charge is 0.463 e. The van der Waals surface area contributed by atoms with E-state index in [-0.39, 0.29) is 5.52 Å². The van der Waals surface area contributed by atoms with E-state index in [1.165, 1.54) is 12.3 Å². The minimum absolute atomic E-state index is 0.0108. The van der Waals surface area contributed by atoms with E-state index in [1.54, 1.807) is 0 Å². The summed E-state index contributed by atoms with van der Waals surface area (Å²) in [6.45, 7) is 0. The maximum atomic E-state index is 12.3. The summed E-state index contributed by atoms with van der Waals surface area (Å²) in [5.74, 6) is 0. The fourth-order valence-corrected chi connectivity index (χ4v) is 1.55. The smallest absolute Gasteiger partial charge is 0.432 e. The molecule has 0 bridgehead atoms. The van der Waals surface area contributed by atoms with E-state index in [9.17, 15) is 18.0 Å². The molecule has 0 aliphatic carbocycles. The van der Waals surface area contributed by atoms with Crippen molar-refractivity contribution in [3.63, 3.8) is 0 Å². The summed E-state index contributed by atoms with van der Waals surface area (Å²) in [4.78, 5) is 10.8. The van der Waals surface area contributed by atoms with Gasteiger partial charge in [0.1, 0.15) is 0 Å². The third-order valence-electron chi connectivity index (χ3n) is 2.40. The molecule has 1 unspecified atom stereocenters. The number of hydrogen-bond acceptors (Lipinski definition) is 3. The molecule has 1 aromatic heterocycles. The molecule has 1 aromatic carbocycles. The van der Waals surface area contributed by atoms with Crippen LogP contribution < -0.4 is 0 Å². The Morgan fingerprint density at radius 2 is 2.06 bits per heavy atom. The molecule has 96 valence electrons. The van der Waals surface area contributed by atoms with Crippen molar-refractivity contribution in [2.75, 3.05) is 0 Å². The Kier molecular flexibility index (Phi) is 2.74. The predicted molar refractivity (Wildman–Crippen MR) is 54.2 cm³/mol. The Balaban J connectivity index is 2.55. The van der Waals surface area contributed by atoms with E-state index in [4.69, 9.17) is 10.2 Å². The van der Waals surface area contributed by atoms with Gasteiger partial charge in [0.15, 0.2) is 6.10 Å². The highest BCUT2D eigenvalue weighted by Gasteiger charge is 2.39. The quantitative estimate of drug-likeness (QED) is 0.823. The molecule has 5 nitrogen and oxygen atoms in total. The van der Waals surface area contributed by atoms with Gasteiger partial charge < -0.3 is 10.2 Å². The van der Waals surface area contributed by atoms with Crippen LogP contribution in [-0.4, -0.2) is 32.3 Å². The molecule has 0 aliphatic rings. The van der Waals surface area contributed by atoms with E-state index in [2.05, 4.69) is 5.10 Å². The van der Waals surface area contributed by atoms with Crippen molar-refractivity contribution in [2.24, 2.45) is 0 Å². The van der Waals surface area contributed by atoms with Gasteiger partial charge >= 0.3 is 12.3 Å². The second-order valence-corrected chi connectivity index (χ2v) is 3.60. The van der Waals surface area contributed by atoms with Gasteiger partial charge in [0.05, 0.1) is 11.7 Å². The van der Waals surface area contributed by atoms with E-state index in [1.807, 2.05) is 0 Å². The number of aliphatic hydroxyl groups excluding tert-OH is 1. The molecule has 0 fully saturated rings. The molecule has 0 saturated carbocycles. The number of rotatable bonds is 1. The lowest BCUT2D eigenvalue weighted by atomic mass is 10.1. The fourth-order valence-electron chi connectivity index (χ4n) is 1.55. The zero-order chi connectivity index (χ0) is 13.5. The van der Waals surface area contributed by atoms with Gasteiger partial charge in [-0.25, -0.2) is 4.79 Å². The van der Waals surface area contributed by atoms with Gasteiger partial charge in [-0.15, -0.1) is 0 Å². The summed E-state index contributed by atoms with van der Waals surface area (Å²) in [5, 5.41) is 21.7. The van der Waals surface area contributed by atoms with Crippen molar-refractivity contribution >= 4 is 17.0 Å². The highest BCUT2D eigenvalue weighted by Crippen LogP contribution is 2.33. The summed E-state index contributed by atoms with van der Waals surface area (Å²) in [6, 6.07) is 3.30. The second-order valence-electron chi connectivity index (χ2n) is 3.60. The van der Waals surface area contributed by atoms with Crippen LogP contribution in [-0.2, 0) is 0 Å². The Labute approximate surface area is 98.1 Å². The van der Waals surface area contributed by atoms with Gasteiger partial charge in [0.25, 0.3) is 0 Å². The summed E-state index contributed by atoms with van der Waals surface area (Å²) in [5.41, 5.74) is -0.443. The Bertz CT molecular complexity index is 606. The number of halogens is 3. The number of carbonyl (C=O) groups is 1. The van der Waals surface area contributed by atoms with Gasteiger partial charge in [-0.1, -0.05) is 12.1 Å². The number of aromatic nitrogens is 2. The average molecular weight is 260 g/mol. The van der Waals surface area contributed by atoms with E-state index < -0.39 is 23.9 Å². The zero-order valence-electron chi connectivity index (χ0n) is 8.72. The normalized spacial score (nSPS) is 13.8. The Morgan fingerprint density at radius 1 is 1.39 bits per heavy atom. The highest BCUT2D eigenvalue weighted by atomic mass is 19.4. The number of hydrogen-bond donors (Lipinski definition) is 2. The maximum Gasteiger partial charge on any atom is 0.432 e. The molecule has 2 aromatic rings. The van der Waals surface area contributed by atoms with E-state index in [0.717, 1.165) is 12.1 Å². The topological polar surface area (TPSA) is 75.3 Å². The second kappa shape index (κ2) is 3.98. The first-order valence-electron chi connectivity index (χ1n) is 4.76. The van der Waals surface area contributed by atoms with Crippen molar-refractivity contribution in [2.45, 2.75) is 12.3 Å². The minimum Gasteiger partial charge on any atom is -0.463 e. The molecule has 0 radical (unpaired) electrons. The molecule has 2 rings (SSSR count). The average Bonchev–Trinajstić information content (AvgIpc) is 2.69. The van der Waals surface area contributed by atoms with Gasteiger partial charge in [-0.3, -0.25) is 0 Å². The highest BCUT2D eigenvalue weighted by molar-refractivity contribution is 5.87. The molecule has 1 heterocycles. The third-order valence-corrected chi connectivity index (χ3v) is 2.40. The summed E-state index contributed by atoms with van der Waals surface area (Å²) < 4.78 is 37.5. The summed E-state index contributed by atoms with van der Waals surface area (Å²) in [6.07, 6.45) is -7.66. The van der Waals surface area contributed by atoms with Crippen LogP contribution in [0, 0.1) is 0 Å². The maximum absolute atomic E-state index is 12.3. The molecule has 1 atom stereocenters. The van der Waals surface area contributed by atoms with Crippen LogP contribution >= 0.6 is 0 Å². The first kappa shape index (κ1) is 12.4. The molecule has 0 amide bonds. The standard InChI is InChI=1S/C10H7F3N2O3/c11-10(12,13)8(16)5-1-2-6-4-14-15(9(17)18)7(6)3-5/h1-4,8,16H,(H,17,18). The number of benzene rings is 1. The lowest BCUT2D eigenvalue weighted by Crippen LogP contribution is -2.20. The van der Waals surface area contributed by atoms with Gasteiger partial charge in [-0.05, 0) is 11.6 Å². The predicted octanol–water partition coefficient (Wildman–Crippen LogP) is 2.16. The van der Waals surface area contributed by atoms with Crippen molar-refractivity contribution in [1.82, 2.24) is 9.78 Å². The van der Waals surface area contributed by atoms with Crippen LogP contribution in [0.15, 0.2) is 24.4 Å². The van der Waals surface area contributed by atoms with Crippen LogP contribution in [0.3, 0.4) is 0 Å². The van der Waals surface area contributed by atoms with Gasteiger partial charge in [0.2, 0.25) is 0 Å². The lowest BCUT2D eigenvalue weighted by Gasteiger charge is -2.14. The van der Waals surface area contributed by atoms with Crippen LogP contribution in [0.2, 0.25) is 0 Å². The molecule has 18 heavy (non-hydrogen) atoms. The molecular weight excluding hydrogens is 253 g/mol. The van der Waals surface area contributed by atoms with Gasteiger partial charge in [0, 0.05) is 5.39 Å². The first-order valence-corrected chi connectivity index (χ1v) is 4.76. The summed E-state index contributed by atoms with van der Waals surface area (Å²) in [7, 11) is 0. The number of aliphatic hydroxyl groups is 1. The van der Waals surface area contributed by atoms with Crippen molar-refractivity contribution in [3.8, 4) is 0 Å². The molecule has 0 saturated heterocycles. The molecule has 0 spiro atoms. The van der Waals surface area contributed by atoms with Crippen LogP contribution in [0.25, 0.3) is 10.9 Å². The molecule has 8 heteroatoms. The van der Waals surface area contributed by atoms with Gasteiger partial charge in [-0.2, -0.15) is 23.0 Å². The van der Waals surface area contributed by atoms with Crippen LogP contribution in [0.5, 0.6) is 0 Å². The molecule has 2 N–H and O–H groups in total. The lowest BCUT2D eigenvalue weighted by molar-refractivity contribution is -0.206. The monoisotopic (exact) mass is 260 g/mol. The van der Waals surface area contributed by atoms with E-state index >= 15 is 0 Å². The van der Waals surface area contributed by atoms with Crippen molar-refractivity contribution in [3.05, 3.63) is 30.0 Å². The number of nitrogens with zero attached hydrogens (tertiary/aromatic N) is 2. The van der Waals surface area contributed by atoms with Crippen molar-refractivity contribution in [1.29, 1.82) is 0 Å². The third kappa shape index (κ3) is 2.02. The van der Waals surface area contributed by atoms with Crippen LogP contribution in [0.1, 0.15) is 11.7 Å². The fraction of sp³-hybridized carbons (Fsp3) is 0.200. The molecule has 0 aliphatic heterocycles. The molecular formula is C10H7F3N2O3. The SMILES string of the molecule is O=C(O)n1ncc2ccc(C(O)C(F)(F)F)cc21. The minimum atomic E-state index is -4.80. The van der Waals surface area contributed by atoms with Crippen molar-refractivity contribution < 1.29 is 28.2 Å². The first-order chi connectivity index (χ1) is 8.30. The van der Waals surface area contributed by atoms with E-state index in [0.29, 0.717) is 10.1 Å². The number of carboxylic acid groups (broad SMARTS) is 1.